The molecule has 0 aliphatic rings. The Kier molecular flexibility index (Phi) is 5.57. The molecule has 9 heteroatoms. The standard InChI is InChI=1S/C19H19N3O5S/c1-13(23)14-6-10-17(11-7-14)28(24,25)22(2)12-18-20-21-19(27-18)15-4-8-16(26-3)9-5-15/h4-11H,12H2,1-3H3. The van der Waals surface area contributed by atoms with Gasteiger partial charge >= 0.3 is 0 Å². The molecular formula is C19H19N3O5S. The highest BCUT2D eigenvalue weighted by atomic mass is 32.2. The van der Waals surface area contributed by atoms with E-state index in [0.29, 0.717) is 16.9 Å². The highest BCUT2D eigenvalue weighted by Gasteiger charge is 2.23. The van der Waals surface area contributed by atoms with Crippen LogP contribution in [0.15, 0.2) is 57.8 Å². The molecule has 8 nitrogen and oxygen atoms in total. The van der Waals surface area contributed by atoms with Gasteiger partial charge in [-0.05, 0) is 43.3 Å². The van der Waals surface area contributed by atoms with Crippen molar-refractivity contribution in [2.45, 2.75) is 18.4 Å². The van der Waals surface area contributed by atoms with Crippen LogP contribution in [-0.4, -0.2) is 42.9 Å². The molecule has 3 rings (SSSR count). The van der Waals surface area contributed by atoms with Gasteiger partial charge in [-0.15, -0.1) is 10.2 Å². The molecule has 0 saturated heterocycles. The second-order valence-electron chi connectivity index (χ2n) is 6.07. The predicted octanol–water partition coefficient (Wildman–Crippen LogP) is 2.77. The van der Waals surface area contributed by atoms with Gasteiger partial charge in [-0.25, -0.2) is 8.42 Å². The fraction of sp³-hybridized carbons (Fsp3) is 0.211. The molecular weight excluding hydrogens is 382 g/mol. The number of Topliss-reactive ketones (excluding diaryl/α,β-unsaturated/α-hetero) is 1. The van der Waals surface area contributed by atoms with Gasteiger partial charge in [0, 0.05) is 18.2 Å². The number of nitrogens with zero attached hydrogens (tertiary/aromatic N) is 3. The molecule has 0 N–H and O–H groups in total. The Hall–Kier alpha value is -3.04. The number of ether oxygens (including phenoxy) is 1. The highest BCUT2D eigenvalue weighted by Crippen LogP contribution is 2.22. The lowest BCUT2D eigenvalue weighted by molar-refractivity contribution is 0.101. The summed E-state index contributed by atoms with van der Waals surface area (Å²) >= 11 is 0. The van der Waals surface area contributed by atoms with Gasteiger partial charge in [0.05, 0.1) is 18.6 Å². The van der Waals surface area contributed by atoms with E-state index in [9.17, 15) is 13.2 Å². The zero-order valence-corrected chi connectivity index (χ0v) is 16.4. The van der Waals surface area contributed by atoms with Gasteiger partial charge in [0.15, 0.2) is 5.78 Å². The van der Waals surface area contributed by atoms with Crippen LogP contribution in [-0.2, 0) is 16.6 Å². The average Bonchev–Trinajstić information content (AvgIpc) is 3.16. The van der Waals surface area contributed by atoms with Crippen molar-refractivity contribution in [3.8, 4) is 17.2 Å². The summed E-state index contributed by atoms with van der Waals surface area (Å²) in [5.41, 5.74) is 1.15. The van der Waals surface area contributed by atoms with Gasteiger partial charge in [0.1, 0.15) is 5.75 Å². The molecule has 0 spiro atoms. The number of hydrogen-bond donors (Lipinski definition) is 0. The van der Waals surface area contributed by atoms with Crippen molar-refractivity contribution < 1.29 is 22.4 Å². The minimum absolute atomic E-state index is 0.0786. The molecule has 2 aromatic carbocycles. The van der Waals surface area contributed by atoms with Crippen molar-refractivity contribution in [2.75, 3.05) is 14.2 Å². The van der Waals surface area contributed by atoms with Crippen molar-refractivity contribution in [2.24, 2.45) is 0 Å². The largest absolute Gasteiger partial charge is 0.497 e. The van der Waals surface area contributed by atoms with E-state index in [1.807, 2.05) is 0 Å². The molecule has 1 heterocycles. The molecule has 0 aliphatic heterocycles. The molecule has 0 unspecified atom stereocenters. The van der Waals surface area contributed by atoms with Crippen LogP contribution in [0.4, 0.5) is 0 Å². The summed E-state index contributed by atoms with van der Waals surface area (Å²) in [7, 11) is -0.771. The summed E-state index contributed by atoms with van der Waals surface area (Å²) in [4.78, 5) is 11.4. The summed E-state index contributed by atoms with van der Waals surface area (Å²) in [5, 5.41) is 7.89. The third kappa shape index (κ3) is 4.10. The first-order chi connectivity index (χ1) is 13.3. The summed E-state index contributed by atoms with van der Waals surface area (Å²) in [6.07, 6.45) is 0. The van der Waals surface area contributed by atoms with E-state index >= 15 is 0 Å². The zero-order valence-electron chi connectivity index (χ0n) is 15.6. The van der Waals surface area contributed by atoms with Gasteiger partial charge in [0.2, 0.25) is 21.8 Å². The number of carbonyl (C=O) groups excluding carboxylic acids is 1. The normalized spacial score (nSPS) is 11.6. The molecule has 146 valence electrons. The number of rotatable bonds is 7. The lowest BCUT2D eigenvalue weighted by Crippen LogP contribution is -2.26. The Bertz CT molecular complexity index is 1070. The van der Waals surface area contributed by atoms with Crippen LogP contribution in [0.3, 0.4) is 0 Å². The fourth-order valence-electron chi connectivity index (χ4n) is 2.48. The quantitative estimate of drug-likeness (QED) is 0.561. The van der Waals surface area contributed by atoms with E-state index < -0.39 is 10.0 Å². The number of sulfonamides is 1. The smallest absolute Gasteiger partial charge is 0.247 e. The lowest BCUT2D eigenvalue weighted by Gasteiger charge is -2.15. The van der Waals surface area contributed by atoms with Crippen LogP contribution < -0.4 is 4.74 Å². The lowest BCUT2D eigenvalue weighted by atomic mass is 10.2. The molecule has 3 aromatic rings. The van der Waals surface area contributed by atoms with Gasteiger partial charge in [0.25, 0.3) is 0 Å². The Morgan fingerprint density at radius 1 is 1.07 bits per heavy atom. The molecule has 0 aliphatic carbocycles. The molecule has 0 bridgehead atoms. The Morgan fingerprint density at radius 3 is 2.29 bits per heavy atom. The monoisotopic (exact) mass is 401 g/mol. The van der Waals surface area contributed by atoms with Crippen LogP contribution in [0.5, 0.6) is 5.75 Å². The van der Waals surface area contributed by atoms with E-state index in [-0.39, 0.29) is 29.0 Å². The van der Waals surface area contributed by atoms with Crippen LogP contribution in [0, 0.1) is 0 Å². The maximum atomic E-state index is 12.7. The van der Waals surface area contributed by atoms with Crippen molar-refractivity contribution in [3.05, 3.63) is 60.0 Å². The molecule has 28 heavy (non-hydrogen) atoms. The summed E-state index contributed by atoms with van der Waals surface area (Å²) in [5.74, 6) is 1.02. The Morgan fingerprint density at radius 2 is 1.71 bits per heavy atom. The van der Waals surface area contributed by atoms with E-state index in [1.165, 1.54) is 38.2 Å². The Labute approximate surface area is 162 Å². The Balaban J connectivity index is 1.75. The van der Waals surface area contributed by atoms with E-state index in [4.69, 9.17) is 9.15 Å². The first-order valence-corrected chi connectivity index (χ1v) is 9.79. The van der Waals surface area contributed by atoms with E-state index in [0.717, 1.165) is 4.31 Å². The fourth-order valence-corrected chi connectivity index (χ4v) is 3.61. The topological polar surface area (TPSA) is 103 Å². The van der Waals surface area contributed by atoms with E-state index in [2.05, 4.69) is 10.2 Å². The first kappa shape index (κ1) is 19.7. The maximum absolute atomic E-state index is 12.7. The summed E-state index contributed by atoms with van der Waals surface area (Å²) in [6.45, 7) is 1.34. The second kappa shape index (κ2) is 7.91. The van der Waals surface area contributed by atoms with Gasteiger partial charge in [-0.1, -0.05) is 12.1 Å². The highest BCUT2D eigenvalue weighted by molar-refractivity contribution is 7.89. The van der Waals surface area contributed by atoms with Crippen molar-refractivity contribution >= 4 is 15.8 Å². The first-order valence-electron chi connectivity index (χ1n) is 8.35. The van der Waals surface area contributed by atoms with Crippen LogP contribution in [0.1, 0.15) is 23.2 Å². The molecule has 0 amide bonds. The average molecular weight is 401 g/mol. The molecule has 0 radical (unpaired) electrons. The number of aromatic nitrogens is 2. The number of methoxy groups -OCH3 is 1. The van der Waals surface area contributed by atoms with Crippen LogP contribution in [0.25, 0.3) is 11.5 Å². The SMILES string of the molecule is COc1ccc(-c2nnc(CN(C)S(=O)(=O)c3ccc(C(C)=O)cc3)o2)cc1. The third-order valence-corrected chi connectivity index (χ3v) is 5.95. The van der Waals surface area contributed by atoms with Crippen LogP contribution in [0.2, 0.25) is 0 Å². The molecule has 0 fully saturated rings. The van der Waals surface area contributed by atoms with Crippen molar-refractivity contribution in [1.29, 1.82) is 0 Å². The summed E-state index contributed by atoms with van der Waals surface area (Å²) in [6, 6.07) is 12.8. The predicted molar refractivity (Wildman–Crippen MR) is 101 cm³/mol. The van der Waals surface area contributed by atoms with E-state index in [1.54, 1.807) is 31.4 Å². The molecule has 1 aromatic heterocycles. The minimum Gasteiger partial charge on any atom is -0.497 e. The van der Waals surface area contributed by atoms with Gasteiger partial charge in [-0.2, -0.15) is 4.31 Å². The minimum atomic E-state index is -3.77. The molecule has 0 atom stereocenters. The zero-order chi connectivity index (χ0) is 20.3. The third-order valence-electron chi connectivity index (χ3n) is 4.13. The maximum Gasteiger partial charge on any atom is 0.247 e. The van der Waals surface area contributed by atoms with Gasteiger partial charge in [-0.3, -0.25) is 4.79 Å². The van der Waals surface area contributed by atoms with Crippen molar-refractivity contribution in [3.63, 3.8) is 0 Å². The summed E-state index contributed by atoms with van der Waals surface area (Å²) < 4.78 is 37.2. The number of carbonyl (C=O) groups is 1. The van der Waals surface area contributed by atoms with Crippen molar-refractivity contribution in [1.82, 2.24) is 14.5 Å². The van der Waals surface area contributed by atoms with Crippen LogP contribution >= 0.6 is 0 Å². The number of benzene rings is 2. The number of ketones is 1. The molecule has 0 saturated carbocycles. The number of hydrogen-bond acceptors (Lipinski definition) is 7. The van der Waals surface area contributed by atoms with Gasteiger partial charge < -0.3 is 9.15 Å². The second-order valence-corrected chi connectivity index (χ2v) is 8.12.